The van der Waals surface area contributed by atoms with Gasteiger partial charge in [0.1, 0.15) is 6.33 Å². The van der Waals surface area contributed by atoms with Gasteiger partial charge in [0.25, 0.3) is 0 Å². The average Bonchev–Trinajstić information content (AvgIpc) is 3.16. The van der Waals surface area contributed by atoms with Crippen molar-refractivity contribution in [3.05, 3.63) is 6.33 Å². The molecular weight excluding hydrogens is 284 g/mol. The number of carbonyl (C=O) groups excluding carboxylic acids is 1. The molecular formula is C14H24N6O2. The van der Waals surface area contributed by atoms with Gasteiger partial charge in [-0.2, -0.15) is 0 Å². The Hall–Kier alpha value is -1.54. The number of carbonyl (C=O) groups is 1. The van der Waals surface area contributed by atoms with Crippen LogP contribution in [0.1, 0.15) is 25.7 Å². The first-order chi connectivity index (χ1) is 10.7. The van der Waals surface area contributed by atoms with Crippen molar-refractivity contribution < 1.29 is 9.90 Å². The van der Waals surface area contributed by atoms with Gasteiger partial charge in [0.15, 0.2) is 0 Å². The second-order valence-corrected chi connectivity index (χ2v) is 6.35. The number of aryl methyl sites for hydroxylation is 1. The van der Waals surface area contributed by atoms with E-state index in [0.29, 0.717) is 6.54 Å². The predicted octanol–water partition coefficient (Wildman–Crippen LogP) is -0.630. The van der Waals surface area contributed by atoms with Crippen LogP contribution in [0.3, 0.4) is 0 Å². The molecule has 3 heterocycles. The van der Waals surface area contributed by atoms with Gasteiger partial charge in [0.05, 0.1) is 12.0 Å². The van der Waals surface area contributed by atoms with Crippen LogP contribution in [0.2, 0.25) is 0 Å². The highest BCUT2D eigenvalue weighted by atomic mass is 16.3. The van der Waals surface area contributed by atoms with E-state index in [1.54, 1.807) is 11.0 Å². The molecule has 1 N–H and O–H groups in total. The molecule has 0 saturated carbocycles. The summed E-state index contributed by atoms with van der Waals surface area (Å²) in [6.07, 6.45) is 5.58. The van der Waals surface area contributed by atoms with E-state index in [9.17, 15) is 4.79 Å². The van der Waals surface area contributed by atoms with Crippen LogP contribution >= 0.6 is 0 Å². The fourth-order valence-corrected chi connectivity index (χ4v) is 3.75. The van der Waals surface area contributed by atoms with E-state index in [-0.39, 0.29) is 17.9 Å². The van der Waals surface area contributed by atoms with E-state index in [1.807, 2.05) is 4.90 Å². The molecule has 1 spiro atoms. The van der Waals surface area contributed by atoms with Crippen molar-refractivity contribution in [3.63, 3.8) is 0 Å². The van der Waals surface area contributed by atoms with Crippen molar-refractivity contribution in [1.82, 2.24) is 30.0 Å². The zero-order chi connectivity index (χ0) is 15.4. The van der Waals surface area contributed by atoms with Crippen molar-refractivity contribution >= 4 is 5.91 Å². The van der Waals surface area contributed by atoms with Crippen LogP contribution in [0, 0.1) is 5.41 Å². The fourth-order valence-electron chi connectivity index (χ4n) is 3.75. The molecule has 0 aliphatic carbocycles. The third-order valence-electron chi connectivity index (χ3n) is 4.88. The molecule has 0 unspecified atom stereocenters. The summed E-state index contributed by atoms with van der Waals surface area (Å²) in [5.74, 6) is 0.246. The Morgan fingerprint density at radius 1 is 1.23 bits per heavy atom. The molecule has 1 aromatic rings. The molecule has 0 radical (unpaired) electrons. The molecule has 22 heavy (non-hydrogen) atoms. The second-order valence-electron chi connectivity index (χ2n) is 6.35. The summed E-state index contributed by atoms with van der Waals surface area (Å²) in [5, 5.41) is 20.2. The minimum Gasteiger partial charge on any atom is -0.395 e. The highest BCUT2D eigenvalue weighted by molar-refractivity contribution is 5.84. The predicted molar refractivity (Wildman–Crippen MR) is 78.8 cm³/mol. The molecule has 0 aromatic carbocycles. The van der Waals surface area contributed by atoms with Gasteiger partial charge in [-0.3, -0.25) is 4.79 Å². The number of nitrogens with zero attached hydrogens (tertiary/aromatic N) is 6. The highest BCUT2D eigenvalue weighted by Crippen LogP contribution is 2.39. The monoisotopic (exact) mass is 308 g/mol. The molecule has 3 rings (SSSR count). The van der Waals surface area contributed by atoms with Gasteiger partial charge in [0.2, 0.25) is 5.91 Å². The fraction of sp³-hybridized carbons (Fsp3) is 0.857. The number of hydrogen-bond donors (Lipinski definition) is 1. The maximum absolute atomic E-state index is 12.7. The first-order valence-corrected chi connectivity index (χ1v) is 8.07. The van der Waals surface area contributed by atoms with Gasteiger partial charge in [-0.15, -0.1) is 5.10 Å². The Morgan fingerprint density at radius 3 is 2.91 bits per heavy atom. The number of β-amino-alcohol motifs (C(OH)–C–C–N with tert-alkyl or cyclic N) is 1. The molecule has 122 valence electrons. The molecule has 2 aliphatic heterocycles. The lowest BCUT2D eigenvalue weighted by Crippen LogP contribution is -2.50. The molecule has 2 saturated heterocycles. The topological polar surface area (TPSA) is 87.4 Å². The van der Waals surface area contributed by atoms with Crippen LogP contribution in [-0.2, 0) is 11.3 Å². The lowest BCUT2D eigenvalue weighted by molar-refractivity contribution is -0.146. The highest BCUT2D eigenvalue weighted by Gasteiger charge is 2.47. The van der Waals surface area contributed by atoms with E-state index in [2.05, 4.69) is 20.4 Å². The first kappa shape index (κ1) is 15.4. The van der Waals surface area contributed by atoms with E-state index in [0.717, 1.165) is 58.4 Å². The summed E-state index contributed by atoms with van der Waals surface area (Å²) in [7, 11) is 0. The smallest absolute Gasteiger partial charge is 0.230 e. The Balaban J connectivity index is 1.51. The van der Waals surface area contributed by atoms with E-state index in [1.165, 1.54) is 0 Å². The van der Waals surface area contributed by atoms with E-state index in [4.69, 9.17) is 5.11 Å². The molecule has 2 fully saturated rings. The average molecular weight is 308 g/mol. The standard InChI is InChI=1S/C14H24N6O2/c21-10-9-19-6-1-3-14(13(19)22)4-8-18(11-14)5-2-7-20-12-15-16-17-20/h12,21H,1-11H2/t14-/m0/s1. The van der Waals surface area contributed by atoms with Gasteiger partial charge >= 0.3 is 0 Å². The summed E-state index contributed by atoms with van der Waals surface area (Å²) in [6.45, 7) is 4.92. The molecule has 2 aliphatic rings. The minimum atomic E-state index is -0.206. The molecule has 1 atom stereocenters. The van der Waals surface area contributed by atoms with E-state index >= 15 is 0 Å². The van der Waals surface area contributed by atoms with Crippen molar-refractivity contribution in [2.45, 2.75) is 32.2 Å². The van der Waals surface area contributed by atoms with Gasteiger partial charge in [-0.25, -0.2) is 4.68 Å². The number of rotatable bonds is 6. The summed E-state index contributed by atoms with van der Waals surface area (Å²) in [4.78, 5) is 16.9. The molecule has 8 nitrogen and oxygen atoms in total. The van der Waals surface area contributed by atoms with Crippen LogP contribution in [0.15, 0.2) is 6.33 Å². The van der Waals surface area contributed by atoms with Gasteiger partial charge in [-0.05, 0) is 49.2 Å². The van der Waals surface area contributed by atoms with E-state index < -0.39 is 0 Å². The third-order valence-corrected chi connectivity index (χ3v) is 4.88. The van der Waals surface area contributed by atoms with Crippen molar-refractivity contribution in [2.75, 3.05) is 39.3 Å². The summed E-state index contributed by atoms with van der Waals surface area (Å²) in [5.41, 5.74) is -0.206. The molecule has 8 heteroatoms. The lowest BCUT2D eigenvalue weighted by atomic mass is 9.78. The molecule has 1 aromatic heterocycles. The summed E-state index contributed by atoms with van der Waals surface area (Å²) in [6, 6.07) is 0. The number of amides is 1. The molecule has 1 amide bonds. The summed E-state index contributed by atoms with van der Waals surface area (Å²) < 4.78 is 1.74. The second kappa shape index (κ2) is 6.70. The number of tetrazole rings is 1. The zero-order valence-electron chi connectivity index (χ0n) is 12.9. The van der Waals surface area contributed by atoms with Crippen molar-refractivity contribution in [1.29, 1.82) is 0 Å². The minimum absolute atomic E-state index is 0.0531. The van der Waals surface area contributed by atoms with Gasteiger partial charge < -0.3 is 14.9 Å². The van der Waals surface area contributed by atoms with Crippen molar-refractivity contribution in [3.8, 4) is 0 Å². The van der Waals surface area contributed by atoms with Gasteiger partial charge in [-0.1, -0.05) is 0 Å². The van der Waals surface area contributed by atoms with Crippen LogP contribution < -0.4 is 0 Å². The largest absolute Gasteiger partial charge is 0.395 e. The van der Waals surface area contributed by atoms with Gasteiger partial charge in [0, 0.05) is 26.2 Å². The number of aromatic nitrogens is 4. The maximum atomic E-state index is 12.7. The van der Waals surface area contributed by atoms with Crippen LogP contribution in [0.25, 0.3) is 0 Å². The van der Waals surface area contributed by atoms with Crippen LogP contribution in [0.4, 0.5) is 0 Å². The maximum Gasteiger partial charge on any atom is 0.230 e. The SMILES string of the molecule is O=C1N(CCO)CCC[C@@]12CCN(CCCn1cnnn1)C2. The zero-order valence-corrected chi connectivity index (χ0v) is 12.9. The summed E-state index contributed by atoms with van der Waals surface area (Å²) >= 11 is 0. The Morgan fingerprint density at radius 2 is 2.14 bits per heavy atom. The Bertz CT molecular complexity index is 492. The number of hydrogen-bond acceptors (Lipinski definition) is 6. The number of aliphatic hydroxyl groups excluding tert-OH is 1. The number of piperidine rings is 1. The Labute approximate surface area is 130 Å². The Kier molecular flexibility index (Phi) is 4.68. The van der Waals surface area contributed by atoms with Crippen LogP contribution in [-0.4, -0.2) is 80.4 Å². The lowest BCUT2D eigenvalue weighted by Gasteiger charge is -2.39. The normalized spacial score (nSPS) is 26.2. The quantitative estimate of drug-likeness (QED) is 0.753. The number of aliphatic hydroxyl groups is 1. The third kappa shape index (κ3) is 3.12. The van der Waals surface area contributed by atoms with Crippen molar-refractivity contribution in [2.24, 2.45) is 5.41 Å². The molecule has 0 bridgehead atoms. The van der Waals surface area contributed by atoms with Crippen LogP contribution in [0.5, 0.6) is 0 Å². The number of likely N-dealkylation sites (tertiary alicyclic amines) is 2. The first-order valence-electron chi connectivity index (χ1n) is 8.07.